The number of hydrogen-bond donors (Lipinski definition) is 1. The summed E-state index contributed by atoms with van der Waals surface area (Å²) >= 11 is 3.37. The summed E-state index contributed by atoms with van der Waals surface area (Å²) in [7, 11) is 1.37. The van der Waals surface area contributed by atoms with Crippen LogP contribution in [0.15, 0.2) is 28.7 Å². The van der Waals surface area contributed by atoms with E-state index in [1.807, 2.05) is 24.3 Å². The van der Waals surface area contributed by atoms with Crippen molar-refractivity contribution in [3.63, 3.8) is 0 Å². The van der Waals surface area contributed by atoms with Crippen LogP contribution in [0.3, 0.4) is 0 Å². The number of halogens is 1. The van der Waals surface area contributed by atoms with Gasteiger partial charge in [0.25, 0.3) is 0 Å². The van der Waals surface area contributed by atoms with E-state index in [9.17, 15) is 9.59 Å². The number of methoxy groups -OCH3 is 1. The van der Waals surface area contributed by atoms with Crippen molar-refractivity contribution in [1.29, 1.82) is 0 Å². The summed E-state index contributed by atoms with van der Waals surface area (Å²) in [6.07, 6.45) is 4.56. The molecule has 0 radical (unpaired) electrons. The summed E-state index contributed by atoms with van der Waals surface area (Å²) in [6, 6.07) is 7.60. The van der Waals surface area contributed by atoms with Crippen molar-refractivity contribution in [1.82, 2.24) is 5.32 Å². The van der Waals surface area contributed by atoms with Crippen LogP contribution < -0.4 is 5.32 Å². The third-order valence-corrected chi connectivity index (χ3v) is 4.47. The van der Waals surface area contributed by atoms with Crippen molar-refractivity contribution in [3.05, 3.63) is 34.3 Å². The number of carbonyl (C=O) groups excluding carboxylic acids is 2. The van der Waals surface area contributed by atoms with Crippen molar-refractivity contribution in [2.75, 3.05) is 7.11 Å². The van der Waals surface area contributed by atoms with Crippen LogP contribution in [0, 0.1) is 0 Å². The Kier molecular flexibility index (Phi) is 5.39. The molecule has 114 valence electrons. The van der Waals surface area contributed by atoms with E-state index in [1.165, 1.54) is 7.11 Å². The summed E-state index contributed by atoms with van der Waals surface area (Å²) in [4.78, 5) is 24.3. The third-order valence-electron chi connectivity index (χ3n) is 3.94. The monoisotopic (exact) mass is 353 g/mol. The fourth-order valence-corrected chi connectivity index (χ4v) is 3.09. The highest BCUT2D eigenvalue weighted by molar-refractivity contribution is 9.10. The Hall–Kier alpha value is -1.36. The van der Waals surface area contributed by atoms with Gasteiger partial charge in [0, 0.05) is 4.47 Å². The Morgan fingerprint density at radius 3 is 2.38 bits per heavy atom. The molecule has 5 heteroatoms. The number of hydrogen-bond acceptors (Lipinski definition) is 3. The first-order valence-electron chi connectivity index (χ1n) is 7.20. The lowest BCUT2D eigenvalue weighted by atomic mass is 9.81. The molecule has 0 aromatic heterocycles. The average Bonchev–Trinajstić information content (AvgIpc) is 2.49. The topological polar surface area (TPSA) is 55.4 Å². The van der Waals surface area contributed by atoms with Crippen molar-refractivity contribution < 1.29 is 14.3 Å². The summed E-state index contributed by atoms with van der Waals surface area (Å²) in [6.45, 7) is 0. The number of carbonyl (C=O) groups is 2. The smallest absolute Gasteiger partial charge is 0.331 e. The van der Waals surface area contributed by atoms with Gasteiger partial charge in [0.05, 0.1) is 13.5 Å². The van der Waals surface area contributed by atoms with Crippen molar-refractivity contribution in [3.8, 4) is 0 Å². The Labute approximate surface area is 133 Å². The summed E-state index contributed by atoms with van der Waals surface area (Å²) in [5, 5.41) is 2.92. The van der Waals surface area contributed by atoms with Gasteiger partial charge < -0.3 is 10.1 Å². The normalized spacial score (nSPS) is 17.0. The number of ether oxygens (including phenoxy) is 1. The molecule has 1 fully saturated rings. The second-order valence-corrected chi connectivity index (χ2v) is 6.40. The van der Waals surface area contributed by atoms with Gasteiger partial charge in [0.1, 0.15) is 5.54 Å². The second-order valence-electron chi connectivity index (χ2n) is 5.49. The van der Waals surface area contributed by atoms with Gasteiger partial charge in [-0.05, 0) is 30.5 Å². The summed E-state index contributed by atoms with van der Waals surface area (Å²) < 4.78 is 5.88. The molecule has 0 aliphatic heterocycles. The first kappa shape index (κ1) is 16.0. The maximum Gasteiger partial charge on any atom is 0.331 e. The van der Waals surface area contributed by atoms with Gasteiger partial charge in [-0.1, -0.05) is 47.3 Å². The minimum absolute atomic E-state index is 0.135. The van der Waals surface area contributed by atoms with Crippen LogP contribution in [0.2, 0.25) is 0 Å². The van der Waals surface area contributed by atoms with E-state index < -0.39 is 5.54 Å². The van der Waals surface area contributed by atoms with Gasteiger partial charge in [0.15, 0.2) is 0 Å². The molecule has 1 aliphatic carbocycles. The molecule has 2 rings (SSSR count). The lowest BCUT2D eigenvalue weighted by molar-refractivity contribution is -0.152. The maximum absolute atomic E-state index is 12.3. The molecule has 1 aromatic rings. The minimum atomic E-state index is -0.834. The molecule has 21 heavy (non-hydrogen) atoms. The zero-order chi connectivity index (χ0) is 15.3. The zero-order valence-electron chi connectivity index (χ0n) is 12.2. The first-order chi connectivity index (χ1) is 10.1. The number of nitrogens with one attached hydrogen (secondary N) is 1. The van der Waals surface area contributed by atoms with Crippen LogP contribution in [-0.4, -0.2) is 24.5 Å². The van der Waals surface area contributed by atoms with Gasteiger partial charge in [0.2, 0.25) is 5.91 Å². The molecule has 1 aromatic carbocycles. The predicted molar refractivity (Wildman–Crippen MR) is 83.8 cm³/mol. The molecular formula is C16H20BrNO3. The van der Waals surface area contributed by atoms with Gasteiger partial charge >= 0.3 is 5.97 Å². The predicted octanol–water partition coefficient (Wildman–Crippen LogP) is 2.98. The Bertz CT molecular complexity index is 507. The van der Waals surface area contributed by atoms with E-state index in [0.717, 1.165) is 29.3 Å². The minimum Gasteiger partial charge on any atom is -0.467 e. The second kappa shape index (κ2) is 7.07. The highest BCUT2D eigenvalue weighted by Gasteiger charge is 2.41. The molecule has 4 nitrogen and oxygen atoms in total. The molecule has 0 bridgehead atoms. The van der Waals surface area contributed by atoms with Gasteiger partial charge in [-0.25, -0.2) is 4.79 Å². The molecule has 1 amide bonds. The van der Waals surface area contributed by atoms with E-state index >= 15 is 0 Å². The fraction of sp³-hybridized carbons (Fsp3) is 0.500. The van der Waals surface area contributed by atoms with Crippen molar-refractivity contribution in [2.45, 2.75) is 44.1 Å². The highest BCUT2D eigenvalue weighted by atomic mass is 79.9. The number of benzene rings is 1. The average molecular weight is 354 g/mol. The van der Waals surface area contributed by atoms with E-state index in [2.05, 4.69) is 21.2 Å². The van der Waals surface area contributed by atoms with Crippen LogP contribution >= 0.6 is 15.9 Å². The molecule has 0 saturated heterocycles. The van der Waals surface area contributed by atoms with Crippen molar-refractivity contribution >= 4 is 27.8 Å². The largest absolute Gasteiger partial charge is 0.467 e. The first-order valence-corrected chi connectivity index (χ1v) is 7.99. The summed E-state index contributed by atoms with van der Waals surface area (Å²) in [5.74, 6) is -0.462. The lowest BCUT2D eigenvalue weighted by Gasteiger charge is -2.35. The highest BCUT2D eigenvalue weighted by Crippen LogP contribution is 2.29. The molecule has 0 spiro atoms. The number of amides is 1. The van der Waals surface area contributed by atoms with E-state index in [1.54, 1.807) is 0 Å². The Balaban J connectivity index is 2.04. The van der Waals surface area contributed by atoms with E-state index in [4.69, 9.17) is 4.74 Å². The Morgan fingerprint density at radius 1 is 1.19 bits per heavy atom. The molecule has 0 unspecified atom stereocenters. The van der Waals surface area contributed by atoms with Crippen LogP contribution in [0.5, 0.6) is 0 Å². The van der Waals surface area contributed by atoms with Crippen LogP contribution in [0.1, 0.15) is 37.7 Å². The maximum atomic E-state index is 12.3. The van der Waals surface area contributed by atoms with Gasteiger partial charge in [-0.2, -0.15) is 0 Å². The molecular weight excluding hydrogens is 334 g/mol. The van der Waals surface area contributed by atoms with Gasteiger partial charge in [-0.3, -0.25) is 4.79 Å². The molecule has 1 aliphatic rings. The SMILES string of the molecule is COC(=O)C1(NC(=O)Cc2ccc(Br)cc2)CCCCC1. The van der Waals surface area contributed by atoms with Gasteiger partial charge in [-0.15, -0.1) is 0 Å². The molecule has 0 atom stereocenters. The fourth-order valence-electron chi connectivity index (χ4n) is 2.83. The summed E-state index contributed by atoms with van der Waals surface area (Å²) in [5.41, 5.74) is 0.0888. The van der Waals surface area contributed by atoms with E-state index in [-0.39, 0.29) is 18.3 Å². The standard InChI is InChI=1S/C16H20BrNO3/c1-21-15(20)16(9-3-2-4-10-16)18-14(19)11-12-5-7-13(17)8-6-12/h5-8H,2-4,9-11H2,1H3,(H,18,19). The van der Waals surface area contributed by atoms with Crippen LogP contribution in [0.25, 0.3) is 0 Å². The molecule has 0 heterocycles. The van der Waals surface area contributed by atoms with Crippen LogP contribution in [0.4, 0.5) is 0 Å². The van der Waals surface area contributed by atoms with Crippen LogP contribution in [-0.2, 0) is 20.7 Å². The number of esters is 1. The molecule has 1 saturated carbocycles. The van der Waals surface area contributed by atoms with Crippen molar-refractivity contribution in [2.24, 2.45) is 0 Å². The third kappa shape index (κ3) is 4.06. The quantitative estimate of drug-likeness (QED) is 0.846. The number of rotatable bonds is 4. The molecule has 1 N–H and O–H groups in total. The lowest BCUT2D eigenvalue weighted by Crippen LogP contribution is -2.56. The zero-order valence-corrected chi connectivity index (χ0v) is 13.7. The Morgan fingerprint density at radius 2 is 1.81 bits per heavy atom. The van der Waals surface area contributed by atoms with E-state index in [0.29, 0.717) is 12.8 Å².